The number of aliphatic hydroxyl groups is 1. The molecule has 0 saturated heterocycles. The van der Waals surface area contributed by atoms with Crippen LogP contribution in [-0.4, -0.2) is 35.3 Å². The number of rotatable bonds is 2. The molecule has 1 N–H and O–H groups in total. The normalized spacial score (nSPS) is 11.7. The molecular weight excluding hydrogens is 196 g/mol. The molecular formula is C8H8N6O. The first-order valence-electron chi connectivity index (χ1n) is 4.15. The number of nitrogens with zero attached hydrogens (tertiary/aromatic N) is 6. The number of hydrogen-bond donors (Lipinski definition) is 1. The van der Waals surface area contributed by atoms with E-state index in [2.05, 4.69) is 25.4 Å². The van der Waals surface area contributed by atoms with Gasteiger partial charge in [-0.3, -0.25) is 0 Å². The second-order valence-corrected chi connectivity index (χ2v) is 2.77. The molecule has 0 fully saturated rings. The molecule has 0 aromatic carbocycles. The number of aromatic nitrogens is 6. The van der Waals surface area contributed by atoms with E-state index in [-0.39, 0.29) is 0 Å². The van der Waals surface area contributed by atoms with Crippen LogP contribution < -0.4 is 0 Å². The molecule has 0 unspecified atom stereocenters. The zero-order chi connectivity index (χ0) is 10.7. The quantitative estimate of drug-likeness (QED) is 0.689. The summed E-state index contributed by atoms with van der Waals surface area (Å²) in [7, 11) is 1.65. The summed E-state index contributed by atoms with van der Waals surface area (Å²) in [6, 6.07) is 0. The third-order valence-electron chi connectivity index (χ3n) is 1.75. The van der Waals surface area contributed by atoms with Crippen LogP contribution in [0.1, 0.15) is 11.4 Å². The largest absolute Gasteiger partial charge is 0.515 e. The predicted molar refractivity (Wildman–Crippen MR) is 50.5 cm³/mol. The molecule has 2 aromatic heterocycles. The second kappa shape index (κ2) is 3.82. The van der Waals surface area contributed by atoms with E-state index in [0.717, 1.165) is 6.26 Å². The molecule has 15 heavy (non-hydrogen) atoms. The highest BCUT2D eigenvalue weighted by Crippen LogP contribution is 2.16. The van der Waals surface area contributed by atoms with Gasteiger partial charge in [-0.15, -0.1) is 10.2 Å². The fourth-order valence-electron chi connectivity index (χ4n) is 1.09. The average molecular weight is 204 g/mol. The topological polar surface area (TPSA) is 89.6 Å². The number of hydrogen-bond acceptors (Lipinski definition) is 6. The zero-order valence-electron chi connectivity index (χ0n) is 7.94. The summed E-state index contributed by atoms with van der Waals surface area (Å²) < 4.78 is 0. The third-order valence-corrected chi connectivity index (χ3v) is 1.75. The minimum atomic E-state index is 0.329. The summed E-state index contributed by atoms with van der Waals surface area (Å²) in [5, 5.41) is 20.5. The molecule has 0 spiro atoms. The minimum absolute atomic E-state index is 0.329. The number of tetrazole rings is 1. The summed E-state index contributed by atoms with van der Waals surface area (Å²) in [6.45, 7) is 0. The molecule has 2 heterocycles. The molecule has 0 amide bonds. The van der Waals surface area contributed by atoms with E-state index < -0.39 is 0 Å². The smallest absolute Gasteiger partial charge is 0.208 e. The monoisotopic (exact) mass is 204 g/mol. The van der Waals surface area contributed by atoms with Crippen LogP contribution in [0.4, 0.5) is 0 Å². The fraction of sp³-hybridized carbons (Fsp3) is 0.125. The molecule has 76 valence electrons. The van der Waals surface area contributed by atoms with Gasteiger partial charge in [0.1, 0.15) is 6.33 Å². The summed E-state index contributed by atoms with van der Waals surface area (Å²) in [5.41, 5.74) is 1.07. The Morgan fingerprint density at radius 1 is 1.40 bits per heavy atom. The molecule has 2 aromatic rings. The van der Waals surface area contributed by atoms with Gasteiger partial charge in [-0.1, -0.05) is 0 Å². The maximum atomic E-state index is 9.11. The molecule has 2 rings (SSSR count). The van der Waals surface area contributed by atoms with Crippen LogP contribution in [0.25, 0.3) is 5.57 Å². The van der Waals surface area contributed by atoms with Crippen molar-refractivity contribution in [2.75, 3.05) is 0 Å². The average Bonchev–Trinajstić information content (AvgIpc) is 2.68. The summed E-state index contributed by atoms with van der Waals surface area (Å²) in [6.07, 6.45) is 5.44. The van der Waals surface area contributed by atoms with Gasteiger partial charge in [0.25, 0.3) is 0 Å². The Morgan fingerprint density at radius 3 is 2.67 bits per heavy atom. The van der Waals surface area contributed by atoms with Crippen molar-refractivity contribution in [1.29, 1.82) is 0 Å². The van der Waals surface area contributed by atoms with Crippen molar-refractivity contribution in [1.82, 2.24) is 30.2 Å². The zero-order valence-corrected chi connectivity index (χ0v) is 7.94. The molecule has 7 heteroatoms. The maximum absolute atomic E-state index is 9.11. The van der Waals surface area contributed by atoms with Crippen LogP contribution in [0.5, 0.6) is 0 Å². The molecule has 0 radical (unpaired) electrons. The highest BCUT2D eigenvalue weighted by Gasteiger charge is 2.11. The first-order chi connectivity index (χ1) is 7.31. The van der Waals surface area contributed by atoms with E-state index in [1.54, 1.807) is 19.4 Å². The van der Waals surface area contributed by atoms with E-state index in [4.69, 9.17) is 5.11 Å². The van der Waals surface area contributed by atoms with Crippen LogP contribution in [0.2, 0.25) is 0 Å². The van der Waals surface area contributed by atoms with E-state index in [9.17, 15) is 0 Å². The number of aryl methyl sites for hydroxylation is 1. The van der Waals surface area contributed by atoms with Crippen LogP contribution in [-0.2, 0) is 7.05 Å². The molecule has 0 aliphatic rings. The van der Waals surface area contributed by atoms with Gasteiger partial charge in [-0.2, -0.15) is 4.80 Å². The maximum Gasteiger partial charge on any atom is 0.208 e. The lowest BCUT2D eigenvalue weighted by molar-refractivity contribution is 0.475. The molecule has 0 saturated carbocycles. The van der Waals surface area contributed by atoms with Gasteiger partial charge >= 0.3 is 0 Å². The van der Waals surface area contributed by atoms with Gasteiger partial charge in [-0.25, -0.2) is 9.97 Å². The van der Waals surface area contributed by atoms with Gasteiger partial charge in [0.15, 0.2) is 0 Å². The van der Waals surface area contributed by atoms with Crippen LogP contribution in [0, 0.1) is 0 Å². The lowest BCUT2D eigenvalue weighted by Gasteiger charge is -1.98. The third kappa shape index (κ3) is 1.80. The Hall–Kier alpha value is -2.31. The van der Waals surface area contributed by atoms with Gasteiger partial charge in [0.05, 0.1) is 18.9 Å². The van der Waals surface area contributed by atoms with Crippen LogP contribution in [0.3, 0.4) is 0 Å². The Balaban J connectivity index is 2.43. The van der Waals surface area contributed by atoms with Crippen molar-refractivity contribution in [3.8, 4) is 0 Å². The predicted octanol–water partition coefficient (Wildman–Crippen LogP) is -0.0527. The van der Waals surface area contributed by atoms with Crippen molar-refractivity contribution in [3.05, 3.63) is 36.4 Å². The summed E-state index contributed by atoms with van der Waals surface area (Å²) >= 11 is 0. The standard InChI is InChI=1S/C8H8N6O/c1-14-12-8(11-13-14)7(4-15)6-2-9-5-10-3-6/h2-5,15H,1H3/b7-4+. The SMILES string of the molecule is Cn1nnc(/C(=C/O)c2cncnc2)n1. The van der Waals surface area contributed by atoms with Crippen LogP contribution in [0.15, 0.2) is 25.0 Å². The van der Waals surface area contributed by atoms with Gasteiger partial charge in [-0.05, 0) is 5.21 Å². The Morgan fingerprint density at radius 2 is 2.13 bits per heavy atom. The molecule has 0 atom stereocenters. The second-order valence-electron chi connectivity index (χ2n) is 2.77. The first kappa shape index (κ1) is 9.25. The van der Waals surface area contributed by atoms with Gasteiger partial charge in [0, 0.05) is 18.0 Å². The summed E-state index contributed by atoms with van der Waals surface area (Å²) in [4.78, 5) is 8.99. The summed E-state index contributed by atoms with van der Waals surface area (Å²) in [5.74, 6) is 0.329. The van der Waals surface area contributed by atoms with Crippen molar-refractivity contribution >= 4 is 5.57 Å². The first-order valence-corrected chi connectivity index (χ1v) is 4.15. The van der Waals surface area contributed by atoms with Crippen molar-refractivity contribution < 1.29 is 5.11 Å². The minimum Gasteiger partial charge on any atom is -0.515 e. The Kier molecular flexibility index (Phi) is 2.36. The van der Waals surface area contributed by atoms with E-state index >= 15 is 0 Å². The molecule has 7 nitrogen and oxygen atoms in total. The molecule has 0 aliphatic carbocycles. The Bertz CT molecular complexity index is 477. The lowest BCUT2D eigenvalue weighted by Crippen LogP contribution is -1.95. The van der Waals surface area contributed by atoms with E-state index in [1.165, 1.54) is 11.1 Å². The molecule has 0 bridgehead atoms. The highest BCUT2D eigenvalue weighted by molar-refractivity contribution is 5.73. The number of aliphatic hydroxyl groups excluding tert-OH is 1. The van der Waals surface area contributed by atoms with E-state index in [1.807, 2.05) is 0 Å². The van der Waals surface area contributed by atoms with Gasteiger partial charge in [0.2, 0.25) is 5.82 Å². The Labute approximate surface area is 85.1 Å². The van der Waals surface area contributed by atoms with Crippen LogP contribution >= 0.6 is 0 Å². The van der Waals surface area contributed by atoms with Crippen molar-refractivity contribution in [2.45, 2.75) is 0 Å². The van der Waals surface area contributed by atoms with E-state index in [0.29, 0.717) is 17.0 Å². The van der Waals surface area contributed by atoms with Gasteiger partial charge < -0.3 is 5.11 Å². The van der Waals surface area contributed by atoms with Crippen molar-refractivity contribution in [2.24, 2.45) is 7.05 Å². The highest BCUT2D eigenvalue weighted by atomic mass is 16.2. The van der Waals surface area contributed by atoms with Crippen molar-refractivity contribution in [3.63, 3.8) is 0 Å². The molecule has 0 aliphatic heterocycles. The lowest BCUT2D eigenvalue weighted by atomic mass is 10.1. The fourth-order valence-corrected chi connectivity index (χ4v) is 1.09.